The molecule has 0 fully saturated rings. The highest BCUT2D eigenvalue weighted by atomic mass is 32.2. The fourth-order valence-electron chi connectivity index (χ4n) is 0.543. The molecule has 0 unspecified atom stereocenters. The van der Waals surface area contributed by atoms with Crippen molar-refractivity contribution in [3.8, 4) is 0 Å². The van der Waals surface area contributed by atoms with Crippen LogP contribution in [0.5, 0.6) is 0 Å². The van der Waals surface area contributed by atoms with E-state index in [4.69, 9.17) is 0 Å². The molecule has 0 amide bonds. The summed E-state index contributed by atoms with van der Waals surface area (Å²) < 4.78 is 0. The second-order valence-electron chi connectivity index (χ2n) is 1.99. The lowest BCUT2D eigenvalue weighted by Crippen LogP contribution is -1.70. The van der Waals surface area contributed by atoms with Gasteiger partial charge in [-0.05, 0) is 26.2 Å². The molecule has 0 nitrogen and oxygen atoms in total. The van der Waals surface area contributed by atoms with E-state index in [1.54, 1.807) is 11.8 Å². The van der Waals surface area contributed by atoms with Crippen molar-refractivity contribution in [1.29, 1.82) is 0 Å². The van der Waals surface area contributed by atoms with Crippen molar-refractivity contribution in [3.63, 3.8) is 0 Å². The van der Waals surface area contributed by atoms with Gasteiger partial charge in [0.25, 0.3) is 0 Å². The van der Waals surface area contributed by atoms with E-state index in [2.05, 4.69) is 25.0 Å². The molecule has 0 saturated carbocycles. The Balaban J connectivity index is 4.22. The minimum atomic E-state index is 1.21. The van der Waals surface area contributed by atoms with Crippen molar-refractivity contribution >= 4 is 11.8 Å². The Morgan fingerprint density at radius 2 is 2.10 bits per heavy atom. The quantitative estimate of drug-likeness (QED) is 0.561. The molecule has 0 aliphatic heterocycles. The fourth-order valence-corrected chi connectivity index (χ4v) is 1.08. The van der Waals surface area contributed by atoms with E-state index in [0.717, 1.165) is 0 Å². The van der Waals surface area contributed by atoms with Gasteiger partial charge < -0.3 is 0 Å². The first-order valence-electron chi connectivity index (χ1n) is 3.25. The van der Waals surface area contributed by atoms with Crippen molar-refractivity contribution in [2.45, 2.75) is 13.8 Å². The standard InChI is InChI=1S/C9H14S/c1-5-8(3)7-9(6-2)10-4/h5-7H,1H2,2-4H3/b8-7-,9-6+. The third kappa shape index (κ3) is 3.57. The van der Waals surface area contributed by atoms with Crippen LogP contribution in [0.4, 0.5) is 0 Å². The van der Waals surface area contributed by atoms with E-state index in [-0.39, 0.29) is 0 Å². The molecular formula is C9H14S. The van der Waals surface area contributed by atoms with Crippen LogP contribution in [-0.4, -0.2) is 6.26 Å². The van der Waals surface area contributed by atoms with Crippen molar-refractivity contribution in [3.05, 3.63) is 35.3 Å². The van der Waals surface area contributed by atoms with Gasteiger partial charge in [0.05, 0.1) is 0 Å². The highest BCUT2D eigenvalue weighted by Gasteiger charge is 1.86. The Morgan fingerprint density at radius 1 is 1.50 bits per heavy atom. The number of hydrogen-bond donors (Lipinski definition) is 0. The number of allylic oxidation sites excluding steroid dienone is 4. The average Bonchev–Trinajstić information content (AvgIpc) is 1.99. The first kappa shape index (κ1) is 9.57. The molecule has 0 aromatic carbocycles. The second kappa shape index (κ2) is 5.36. The van der Waals surface area contributed by atoms with Crippen molar-refractivity contribution < 1.29 is 0 Å². The zero-order valence-electron chi connectivity index (χ0n) is 6.85. The van der Waals surface area contributed by atoms with E-state index in [0.29, 0.717) is 0 Å². The molecule has 0 aromatic heterocycles. The molecule has 10 heavy (non-hydrogen) atoms. The lowest BCUT2D eigenvalue weighted by molar-refractivity contribution is 1.52. The third-order valence-corrected chi connectivity index (χ3v) is 2.04. The highest BCUT2D eigenvalue weighted by molar-refractivity contribution is 8.02. The van der Waals surface area contributed by atoms with Gasteiger partial charge in [0.15, 0.2) is 0 Å². The van der Waals surface area contributed by atoms with Gasteiger partial charge in [0, 0.05) is 4.91 Å². The zero-order valence-corrected chi connectivity index (χ0v) is 7.66. The summed E-state index contributed by atoms with van der Waals surface area (Å²) in [7, 11) is 0. The normalized spacial score (nSPS) is 13.5. The maximum atomic E-state index is 3.68. The van der Waals surface area contributed by atoms with Gasteiger partial charge in [0.1, 0.15) is 0 Å². The molecule has 56 valence electrons. The van der Waals surface area contributed by atoms with Gasteiger partial charge in [-0.3, -0.25) is 0 Å². The Hall–Kier alpha value is -0.430. The summed E-state index contributed by atoms with van der Waals surface area (Å²) in [5.74, 6) is 0. The van der Waals surface area contributed by atoms with Crippen LogP contribution in [0.25, 0.3) is 0 Å². The minimum absolute atomic E-state index is 1.21. The maximum Gasteiger partial charge on any atom is 0.00290 e. The van der Waals surface area contributed by atoms with Gasteiger partial charge in [-0.25, -0.2) is 0 Å². The molecular weight excluding hydrogens is 140 g/mol. The van der Waals surface area contributed by atoms with Crippen molar-refractivity contribution in [2.24, 2.45) is 0 Å². The summed E-state index contributed by atoms with van der Waals surface area (Å²) in [6, 6.07) is 0. The molecule has 0 atom stereocenters. The Bertz CT molecular complexity index is 164. The van der Waals surface area contributed by atoms with Crippen molar-refractivity contribution in [1.82, 2.24) is 0 Å². The molecule has 1 heteroatoms. The highest BCUT2D eigenvalue weighted by Crippen LogP contribution is 2.14. The topological polar surface area (TPSA) is 0 Å². The van der Waals surface area contributed by atoms with E-state index in [1.165, 1.54) is 10.5 Å². The molecule has 0 radical (unpaired) electrons. The largest absolute Gasteiger partial charge is 0.130 e. The number of hydrogen-bond acceptors (Lipinski definition) is 1. The van der Waals surface area contributed by atoms with E-state index in [9.17, 15) is 0 Å². The monoisotopic (exact) mass is 154 g/mol. The Kier molecular flexibility index (Phi) is 5.13. The maximum absolute atomic E-state index is 3.68. The summed E-state index contributed by atoms with van der Waals surface area (Å²) in [5, 5.41) is 0. The number of rotatable bonds is 3. The Labute approximate surface area is 67.7 Å². The van der Waals surface area contributed by atoms with Gasteiger partial charge in [-0.1, -0.05) is 24.3 Å². The predicted molar refractivity (Wildman–Crippen MR) is 51.2 cm³/mol. The molecule has 0 aliphatic carbocycles. The molecule has 0 saturated heterocycles. The third-order valence-electron chi connectivity index (χ3n) is 1.21. The van der Waals surface area contributed by atoms with E-state index in [1.807, 2.05) is 19.9 Å². The van der Waals surface area contributed by atoms with Crippen molar-refractivity contribution in [2.75, 3.05) is 6.26 Å². The predicted octanol–water partition coefficient (Wildman–Crippen LogP) is 3.39. The lowest BCUT2D eigenvalue weighted by Gasteiger charge is -1.95. The molecule has 0 N–H and O–H groups in total. The van der Waals surface area contributed by atoms with Crippen LogP contribution in [0.3, 0.4) is 0 Å². The van der Waals surface area contributed by atoms with Crippen LogP contribution in [0.2, 0.25) is 0 Å². The molecule has 0 rings (SSSR count). The van der Waals surface area contributed by atoms with Crippen LogP contribution in [0, 0.1) is 0 Å². The smallest absolute Gasteiger partial charge is 0.00290 e. The molecule has 0 spiro atoms. The Morgan fingerprint density at radius 3 is 2.40 bits per heavy atom. The van der Waals surface area contributed by atoms with Crippen LogP contribution >= 0.6 is 11.8 Å². The SMILES string of the molecule is C=C/C(C)=C\C(=C/C)SC. The first-order chi connectivity index (χ1) is 4.74. The average molecular weight is 154 g/mol. The van der Waals surface area contributed by atoms with Crippen LogP contribution < -0.4 is 0 Å². The summed E-state index contributed by atoms with van der Waals surface area (Å²) in [4.78, 5) is 1.29. The molecule has 0 aromatic rings. The molecule has 0 aliphatic rings. The van der Waals surface area contributed by atoms with Gasteiger partial charge in [-0.2, -0.15) is 0 Å². The van der Waals surface area contributed by atoms with Gasteiger partial charge in [0.2, 0.25) is 0 Å². The summed E-state index contributed by atoms with van der Waals surface area (Å²) in [6.45, 7) is 7.77. The summed E-state index contributed by atoms with van der Waals surface area (Å²) >= 11 is 1.75. The summed E-state index contributed by atoms with van der Waals surface area (Å²) in [6.07, 6.45) is 8.15. The van der Waals surface area contributed by atoms with Gasteiger partial charge >= 0.3 is 0 Å². The van der Waals surface area contributed by atoms with E-state index < -0.39 is 0 Å². The van der Waals surface area contributed by atoms with Gasteiger partial charge in [-0.15, -0.1) is 11.8 Å². The number of thioether (sulfide) groups is 1. The fraction of sp³-hybridized carbons (Fsp3) is 0.333. The zero-order chi connectivity index (χ0) is 7.98. The van der Waals surface area contributed by atoms with E-state index >= 15 is 0 Å². The lowest BCUT2D eigenvalue weighted by atomic mass is 10.3. The minimum Gasteiger partial charge on any atom is -0.130 e. The molecule has 0 bridgehead atoms. The summed E-state index contributed by atoms with van der Waals surface area (Å²) in [5.41, 5.74) is 1.21. The molecule has 0 heterocycles. The van der Waals surface area contributed by atoms with Crippen LogP contribution in [0.15, 0.2) is 35.3 Å². The first-order valence-corrected chi connectivity index (χ1v) is 4.48. The van der Waals surface area contributed by atoms with Crippen LogP contribution in [-0.2, 0) is 0 Å². The second-order valence-corrected chi connectivity index (χ2v) is 2.87. The van der Waals surface area contributed by atoms with Crippen LogP contribution in [0.1, 0.15) is 13.8 Å².